The Kier molecular flexibility index (Phi) is 4.29. The highest BCUT2D eigenvalue weighted by Crippen LogP contribution is 2.12. The molecule has 0 saturated heterocycles. The van der Waals surface area contributed by atoms with Crippen LogP contribution in [0.3, 0.4) is 0 Å². The van der Waals surface area contributed by atoms with Gasteiger partial charge in [0.15, 0.2) is 0 Å². The van der Waals surface area contributed by atoms with E-state index in [1.165, 1.54) is 0 Å². The van der Waals surface area contributed by atoms with Gasteiger partial charge in [0.1, 0.15) is 11.2 Å². The summed E-state index contributed by atoms with van der Waals surface area (Å²) in [6.07, 6.45) is 0. The normalized spacial score (nSPS) is 11.6. The summed E-state index contributed by atoms with van der Waals surface area (Å²) in [5, 5.41) is 30.9. The van der Waals surface area contributed by atoms with E-state index in [4.69, 9.17) is 0 Å². The van der Waals surface area contributed by atoms with E-state index < -0.39 is 31.3 Å². The third-order valence-corrected chi connectivity index (χ3v) is 3.12. The Morgan fingerprint density at radius 2 is 1.70 bits per heavy atom. The molecule has 0 aliphatic rings. The minimum atomic E-state index is -1.45. The number of nitrogens with one attached hydrogen (secondary N) is 1. The fourth-order valence-corrected chi connectivity index (χ4v) is 1.77. The summed E-state index contributed by atoms with van der Waals surface area (Å²) in [6, 6.07) is 10.7. The SMILES string of the molecule is O=C(NC(CO)(CO)CO)c1ccc2ccccc2n1. The lowest BCUT2D eigenvalue weighted by atomic mass is 10.0. The number of benzene rings is 1. The molecular weight excluding hydrogens is 260 g/mol. The zero-order chi connectivity index (χ0) is 14.6. The Morgan fingerprint density at radius 1 is 1.05 bits per heavy atom. The Bertz CT molecular complexity index is 603. The molecule has 0 bridgehead atoms. The maximum Gasteiger partial charge on any atom is 0.270 e. The highest BCUT2D eigenvalue weighted by Gasteiger charge is 2.30. The van der Waals surface area contributed by atoms with Crippen molar-refractivity contribution in [1.29, 1.82) is 0 Å². The van der Waals surface area contributed by atoms with E-state index in [1.807, 2.05) is 18.2 Å². The maximum absolute atomic E-state index is 12.1. The highest BCUT2D eigenvalue weighted by molar-refractivity contribution is 5.95. The highest BCUT2D eigenvalue weighted by atomic mass is 16.3. The molecule has 0 saturated carbocycles. The summed E-state index contributed by atoms with van der Waals surface area (Å²) < 4.78 is 0. The fraction of sp³-hybridized carbons (Fsp3) is 0.286. The lowest BCUT2D eigenvalue weighted by Gasteiger charge is -2.28. The number of amides is 1. The number of hydrogen-bond acceptors (Lipinski definition) is 5. The van der Waals surface area contributed by atoms with Gasteiger partial charge in [-0.1, -0.05) is 24.3 Å². The first-order valence-corrected chi connectivity index (χ1v) is 6.15. The molecule has 2 aromatic rings. The smallest absolute Gasteiger partial charge is 0.270 e. The van der Waals surface area contributed by atoms with Crippen molar-refractivity contribution in [3.05, 3.63) is 42.1 Å². The van der Waals surface area contributed by atoms with Gasteiger partial charge in [0, 0.05) is 5.39 Å². The van der Waals surface area contributed by atoms with Crippen molar-refractivity contribution in [1.82, 2.24) is 10.3 Å². The predicted octanol–water partition coefficient (Wildman–Crippen LogP) is -0.320. The van der Waals surface area contributed by atoms with Gasteiger partial charge in [-0.05, 0) is 12.1 Å². The topological polar surface area (TPSA) is 103 Å². The van der Waals surface area contributed by atoms with Crippen molar-refractivity contribution >= 4 is 16.8 Å². The van der Waals surface area contributed by atoms with Crippen LogP contribution in [0, 0.1) is 0 Å². The van der Waals surface area contributed by atoms with Crippen LogP contribution in [0.2, 0.25) is 0 Å². The average molecular weight is 276 g/mol. The van der Waals surface area contributed by atoms with E-state index in [0.29, 0.717) is 5.52 Å². The van der Waals surface area contributed by atoms with E-state index >= 15 is 0 Å². The van der Waals surface area contributed by atoms with Crippen molar-refractivity contribution < 1.29 is 20.1 Å². The van der Waals surface area contributed by atoms with Crippen molar-refractivity contribution in [2.75, 3.05) is 19.8 Å². The van der Waals surface area contributed by atoms with Crippen molar-refractivity contribution in [3.8, 4) is 0 Å². The molecule has 0 radical (unpaired) electrons. The molecular formula is C14H16N2O4. The number of nitrogens with zero attached hydrogens (tertiary/aromatic N) is 1. The number of para-hydroxylation sites is 1. The summed E-state index contributed by atoms with van der Waals surface area (Å²) in [7, 11) is 0. The van der Waals surface area contributed by atoms with Gasteiger partial charge in [0.25, 0.3) is 5.91 Å². The number of aliphatic hydroxyl groups excluding tert-OH is 3. The van der Waals surface area contributed by atoms with Gasteiger partial charge >= 0.3 is 0 Å². The minimum absolute atomic E-state index is 0.156. The molecule has 4 N–H and O–H groups in total. The first kappa shape index (κ1) is 14.4. The molecule has 0 spiro atoms. The number of pyridine rings is 1. The zero-order valence-electron chi connectivity index (χ0n) is 10.8. The predicted molar refractivity (Wildman–Crippen MR) is 73.2 cm³/mol. The van der Waals surface area contributed by atoms with Crippen molar-refractivity contribution in [2.24, 2.45) is 0 Å². The second-order valence-electron chi connectivity index (χ2n) is 4.60. The summed E-state index contributed by atoms with van der Waals surface area (Å²) in [5.74, 6) is -0.562. The molecule has 0 fully saturated rings. The Hall–Kier alpha value is -2.02. The van der Waals surface area contributed by atoms with Crippen LogP contribution < -0.4 is 5.32 Å². The second-order valence-corrected chi connectivity index (χ2v) is 4.60. The summed E-state index contributed by atoms with van der Waals surface area (Å²) in [6.45, 7) is -1.71. The molecule has 0 atom stereocenters. The van der Waals surface area contributed by atoms with Crippen LogP contribution in [0.1, 0.15) is 10.5 Å². The lowest BCUT2D eigenvalue weighted by Crippen LogP contribution is -2.57. The van der Waals surface area contributed by atoms with E-state index in [9.17, 15) is 20.1 Å². The molecule has 1 amide bonds. The minimum Gasteiger partial charge on any atom is -0.394 e. The Labute approximate surface area is 115 Å². The average Bonchev–Trinajstić information content (AvgIpc) is 2.52. The van der Waals surface area contributed by atoms with Crippen molar-refractivity contribution in [3.63, 3.8) is 0 Å². The first-order chi connectivity index (χ1) is 9.64. The monoisotopic (exact) mass is 276 g/mol. The van der Waals surface area contributed by atoms with Crippen LogP contribution in [0.4, 0.5) is 0 Å². The molecule has 2 rings (SSSR count). The van der Waals surface area contributed by atoms with E-state index in [2.05, 4.69) is 10.3 Å². The van der Waals surface area contributed by atoms with Crippen LogP contribution in [0.5, 0.6) is 0 Å². The maximum atomic E-state index is 12.1. The molecule has 0 aliphatic heterocycles. The second kappa shape index (κ2) is 5.96. The number of carbonyl (C=O) groups is 1. The molecule has 20 heavy (non-hydrogen) atoms. The summed E-state index contributed by atoms with van der Waals surface area (Å²) in [5.41, 5.74) is -0.629. The molecule has 1 heterocycles. The van der Waals surface area contributed by atoms with E-state index in [0.717, 1.165) is 5.39 Å². The molecule has 106 valence electrons. The van der Waals surface area contributed by atoms with E-state index in [-0.39, 0.29) is 5.69 Å². The lowest BCUT2D eigenvalue weighted by molar-refractivity contribution is 0.0373. The summed E-state index contributed by atoms with van der Waals surface area (Å²) in [4.78, 5) is 16.3. The van der Waals surface area contributed by atoms with E-state index in [1.54, 1.807) is 18.2 Å². The van der Waals surface area contributed by atoms with Gasteiger partial charge < -0.3 is 20.6 Å². The molecule has 0 unspecified atom stereocenters. The van der Waals surface area contributed by atoms with Gasteiger partial charge in [0.05, 0.1) is 25.3 Å². The molecule has 1 aromatic carbocycles. The fourth-order valence-electron chi connectivity index (χ4n) is 1.77. The molecule has 6 nitrogen and oxygen atoms in total. The van der Waals surface area contributed by atoms with Gasteiger partial charge in [-0.2, -0.15) is 0 Å². The zero-order valence-corrected chi connectivity index (χ0v) is 10.8. The van der Waals surface area contributed by atoms with Crippen LogP contribution in [0.25, 0.3) is 10.9 Å². The number of carbonyl (C=O) groups excluding carboxylic acids is 1. The van der Waals surface area contributed by atoms with Crippen LogP contribution in [-0.4, -0.2) is 51.6 Å². The van der Waals surface area contributed by atoms with Gasteiger partial charge in [-0.15, -0.1) is 0 Å². The number of aromatic nitrogens is 1. The number of hydrogen-bond donors (Lipinski definition) is 4. The number of aliphatic hydroxyl groups is 3. The third-order valence-electron chi connectivity index (χ3n) is 3.12. The first-order valence-electron chi connectivity index (χ1n) is 6.15. The molecule has 6 heteroatoms. The largest absolute Gasteiger partial charge is 0.394 e. The standard InChI is InChI=1S/C14H16N2O4/c17-7-14(8-18,9-19)16-13(20)12-6-5-10-3-1-2-4-11(10)15-12/h1-6,17-19H,7-9H2,(H,16,20). The third kappa shape index (κ3) is 2.77. The number of rotatable bonds is 5. The summed E-state index contributed by atoms with van der Waals surface area (Å²) >= 11 is 0. The van der Waals surface area contributed by atoms with Crippen LogP contribution in [0.15, 0.2) is 36.4 Å². The quantitative estimate of drug-likeness (QED) is 0.599. The van der Waals surface area contributed by atoms with Gasteiger partial charge in [-0.25, -0.2) is 4.98 Å². The molecule has 1 aromatic heterocycles. The van der Waals surface area contributed by atoms with Crippen LogP contribution >= 0.6 is 0 Å². The van der Waals surface area contributed by atoms with Crippen molar-refractivity contribution in [2.45, 2.75) is 5.54 Å². The van der Waals surface area contributed by atoms with Gasteiger partial charge in [-0.3, -0.25) is 4.79 Å². The van der Waals surface area contributed by atoms with Crippen LogP contribution in [-0.2, 0) is 0 Å². The Balaban J connectivity index is 2.27. The molecule has 0 aliphatic carbocycles. The Morgan fingerprint density at radius 3 is 2.35 bits per heavy atom. The van der Waals surface area contributed by atoms with Gasteiger partial charge in [0.2, 0.25) is 0 Å². The number of fused-ring (bicyclic) bond motifs is 1.